The Morgan fingerprint density at radius 3 is 2.53 bits per heavy atom. The normalized spacial score (nSPS) is 30.0. The molecule has 3 aliphatic rings. The van der Waals surface area contributed by atoms with E-state index in [9.17, 15) is 22.4 Å². The minimum atomic E-state index is -4.56. The fourth-order valence-corrected chi connectivity index (χ4v) is 5.93. The maximum Gasteiger partial charge on any atom is 0.416 e. The van der Waals surface area contributed by atoms with Gasteiger partial charge < -0.3 is 15.4 Å². The van der Waals surface area contributed by atoms with Gasteiger partial charge in [0.15, 0.2) is 0 Å². The molecule has 4 atom stereocenters. The first kappa shape index (κ1) is 25.4. The topological polar surface area (TPSA) is 50.4 Å². The molecule has 190 valence electrons. The average molecular weight is 485 g/mol. The van der Waals surface area contributed by atoms with Crippen LogP contribution in [0.3, 0.4) is 0 Å². The first-order valence-electron chi connectivity index (χ1n) is 12.5. The number of amides is 1. The summed E-state index contributed by atoms with van der Waals surface area (Å²) in [6.45, 7) is 4.61. The maximum absolute atomic E-state index is 13.4. The Bertz CT molecular complexity index is 871. The summed E-state index contributed by atoms with van der Waals surface area (Å²) < 4.78 is 58.4. The summed E-state index contributed by atoms with van der Waals surface area (Å²) in [5, 5.41) is 6.72. The van der Waals surface area contributed by atoms with Crippen molar-refractivity contribution in [3.63, 3.8) is 0 Å². The van der Waals surface area contributed by atoms with E-state index in [2.05, 4.69) is 10.6 Å². The molecule has 3 fully saturated rings. The van der Waals surface area contributed by atoms with Crippen molar-refractivity contribution in [1.82, 2.24) is 10.6 Å². The second-order valence-electron chi connectivity index (χ2n) is 10.7. The fourth-order valence-electron chi connectivity index (χ4n) is 5.93. The minimum Gasteiger partial charge on any atom is -0.381 e. The van der Waals surface area contributed by atoms with Crippen LogP contribution in [0.5, 0.6) is 0 Å². The summed E-state index contributed by atoms with van der Waals surface area (Å²) in [6, 6.07) is 3.86. The molecule has 1 saturated heterocycles. The van der Waals surface area contributed by atoms with Crippen LogP contribution in [0.15, 0.2) is 18.2 Å². The third-order valence-electron chi connectivity index (χ3n) is 8.17. The molecule has 8 heteroatoms. The molecule has 0 radical (unpaired) electrons. The number of alkyl halides is 4. The number of carbonyl (C=O) groups is 1. The number of carbonyl (C=O) groups excluding carboxylic acids is 1. The van der Waals surface area contributed by atoms with Gasteiger partial charge in [0, 0.05) is 31.2 Å². The lowest BCUT2D eigenvalue weighted by atomic mass is 9.74. The van der Waals surface area contributed by atoms with Gasteiger partial charge in [0.05, 0.1) is 17.6 Å². The molecule has 0 aromatic heterocycles. The minimum absolute atomic E-state index is 0.0375. The summed E-state index contributed by atoms with van der Waals surface area (Å²) in [5.74, 6) is 1.26. The van der Waals surface area contributed by atoms with Crippen molar-refractivity contribution in [2.75, 3.05) is 13.2 Å². The monoisotopic (exact) mass is 484 g/mol. The molecule has 2 saturated carbocycles. The van der Waals surface area contributed by atoms with Crippen LogP contribution in [0.1, 0.15) is 69.1 Å². The van der Waals surface area contributed by atoms with Crippen molar-refractivity contribution in [2.45, 2.75) is 83.9 Å². The molecule has 1 aliphatic heterocycles. The highest BCUT2D eigenvalue weighted by Crippen LogP contribution is 2.46. The van der Waals surface area contributed by atoms with Crippen LogP contribution in [0.25, 0.3) is 0 Å². The molecule has 1 heterocycles. The molecule has 2 unspecified atom stereocenters. The van der Waals surface area contributed by atoms with Gasteiger partial charge in [-0.1, -0.05) is 19.9 Å². The van der Waals surface area contributed by atoms with E-state index in [0.717, 1.165) is 50.5 Å². The van der Waals surface area contributed by atoms with Gasteiger partial charge in [-0.3, -0.25) is 4.79 Å². The van der Waals surface area contributed by atoms with Crippen molar-refractivity contribution in [3.05, 3.63) is 34.9 Å². The number of ether oxygens (including phenoxy) is 1. The van der Waals surface area contributed by atoms with Crippen molar-refractivity contribution in [3.8, 4) is 0 Å². The SMILES string of the molecule is CC(C)[C@]1(C(=O)NCc2cc(CF)cc(C(F)(F)F)c2)CC[C@@H](NC2CCOCC2C2CC2)C1. The Balaban J connectivity index is 1.41. The van der Waals surface area contributed by atoms with Crippen LogP contribution in [-0.4, -0.2) is 31.2 Å². The van der Waals surface area contributed by atoms with Crippen LogP contribution >= 0.6 is 0 Å². The van der Waals surface area contributed by atoms with Gasteiger partial charge in [-0.15, -0.1) is 0 Å². The number of benzene rings is 1. The van der Waals surface area contributed by atoms with E-state index >= 15 is 0 Å². The molecule has 1 aromatic rings. The zero-order chi connectivity index (χ0) is 24.5. The molecule has 0 bridgehead atoms. The van der Waals surface area contributed by atoms with E-state index in [4.69, 9.17) is 4.74 Å². The molecule has 1 aromatic carbocycles. The highest BCUT2D eigenvalue weighted by Gasteiger charge is 2.48. The van der Waals surface area contributed by atoms with Gasteiger partial charge in [-0.2, -0.15) is 13.2 Å². The van der Waals surface area contributed by atoms with Crippen molar-refractivity contribution < 1.29 is 27.1 Å². The molecular formula is C26H36F4N2O2. The summed E-state index contributed by atoms with van der Waals surface area (Å²) in [6.07, 6.45) is 1.33. The first-order valence-corrected chi connectivity index (χ1v) is 12.5. The highest BCUT2D eigenvalue weighted by molar-refractivity contribution is 5.83. The molecule has 0 spiro atoms. The Kier molecular flexibility index (Phi) is 7.58. The van der Waals surface area contributed by atoms with E-state index in [-0.39, 0.29) is 35.5 Å². The average Bonchev–Trinajstić information content (AvgIpc) is 3.56. The van der Waals surface area contributed by atoms with E-state index in [1.54, 1.807) is 0 Å². The van der Waals surface area contributed by atoms with Crippen LogP contribution in [0, 0.1) is 23.2 Å². The lowest BCUT2D eigenvalue weighted by molar-refractivity contribution is -0.137. The number of hydrogen-bond donors (Lipinski definition) is 2. The van der Waals surface area contributed by atoms with Crippen LogP contribution in [0.4, 0.5) is 17.6 Å². The van der Waals surface area contributed by atoms with E-state index in [1.807, 2.05) is 13.8 Å². The van der Waals surface area contributed by atoms with Crippen LogP contribution < -0.4 is 10.6 Å². The van der Waals surface area contributed by atoms with Gasteiger partial charge in [-0.25, -0.2) is 4.39 Å². The van der Waals surface area contributed by atoms with Crippen LogP contribution in [-0.2, 0) is 28.9 Å². The summed E-state index contributed by atoms with van der Waals surface area (Å²) in [4.78, 5) is 13.4. The summed E-state index contributed by atoms with van der Waals surface area (Å²) in [5.41, 5.74) is -1.23. The largest absolute Gasteiger partial charge is 0.416 e. The molecule has 34 heavy (non-hydrogen) atoms. The molecule has 4 nitrogen and oxygen atoms in total. The number of nitrogens with one attached hydrogen (secondary N) is 2. The Morgan fingerprint density at radius 1 is 1.15 bits per heavy atom. The second-order valence-corrected chi connectivity index (χ2v) is 10.7. The van der Waals surface area contributed by atoms with Gasteiger partial charge in [0.25, 0.3) is 0 Å². The Hall–Kier alpha value is -1.67. The van der Waals surface area contributed by atoms with Gasteiger partial charge in [-0.05, 0) is 73.6 Å². The number of rotatable bonds is 8. The van der Waals surface area contributed by atoms with E-state index in [0.29, 0.717) is 18.4 Å². The number of hydrogen-bond acceptors (Lipinski definition) is 3. The fraction of sp³-hybridized carbons (Fsp3) is 0.731. The summed E-state index contributed by atoms with van der Waals surface area (Å²) in [7, 11) is 0. The smallest absolute Gasteiger partial charge is 0.381 e. The Morgan fingerprint density at radius 2 is 1.88 bits per heavy atom. The van der Waals surface area contributed by atoms with Gasteiger partial charge in [0.1, 0.15) is 6.67 Å². The quantitative estimate of drug-likeness (QED) is 0.487. The van der Waals surface area contributed by atoms with Gasteiger partial charge in [0.2, 0.25) is 5.91 Å². The van der Waals surface area contributed by atoms with Crippen molar-refractivity contribution in [2.24, 2.45) is 23.2 Å². The third kappa shape index (κ3) is 5.59. The van der Waals surface area contributed by atoms with Crippen molar-refractivity contribution in [1.29, 1.82) is 0 Å². The number of halogens is 4. The van der Waals surface area contributed by atoms with E-state index in [1.165, 1.54) is 18.9 Å². The molecule has 4 rings (SSSR count). The zero-order valence-corrected chi connectivity index (χ0v) is 20.0. The van der Waals surface area contributed by atoms with Crippen molar-refractivity contribution >= 4 is 5.91 Å². The third-order valence-corrected chi connectivity index (χ3v) is 8.17. The second kappa shape index (κ2) is 10.1. The van der Waals surface area contributed by atoms with Gasteiger partial charge >= 0.3 is 6.18 Å². The molecular weight excluding hydrogens is 448 g/mol. The standard InChI is InChI=1S/C26H36F4N2O2/c1-16(2)25(7-5-21(12-25)32-23-6-8-34-15-22(23)19-3-4-19)24(33)31-14-18-9-17(13-27)10-20(11-18)26(28,29)30/h9-11,16,19,21-23,32H,3-8,12-15H2,1-2H3,(H,31,33)/t21-,22?,23?,25+/m1/s1. The molecule has 2 N–H and O–H groups in total. The maximum atomic E-state index is 13.4. The summed E-state index contributed by atoms with van der Waals surface area (Å²) >= 11 is 0. The lowest BCUT2D eigenvalue weighted by Gasteiger charge is -2.36. The highest BCUT2D eigenvalue weighted by atomic mass is 19.4. The van der Waals surface area contributed by atoms with Crippen LogP contribution in [0.2, 0.25) is 0 Å². The Labute approximate surface area is 199 Å². The first-order chi connectivity index (χ1) is 16.1. The molecule has 2 aliphatic carbocycles. The molecule has 1 amide bonds. The lowest BCUT2D eigenvalue weighted by Crippen LogP contribution is -2.49. The predicted octanol–water partition coefficient (Wildman–Crippen LogP) is 5.39. The van der Waals surface area contributed by atoms with E-state index < -0.39 is 23.8 Å². The predicted molar refractivity (Wildman–Crippen MR) is 122 cm³/mol. The zero-order valence-electron chi connectivity index (χ0n) is 20.0.